The Hall–Kier alpha value is -1.68. The van der Waals surface area contributed by atoms with Crippen LogP contribution in [-0.2, 0) is 0 Å². The second-order valence-corrected chi connectivity index (χ2v) is 4.94. The quantitative estimate of drug-likeness (QED) is 0.868. The maximum absolute atomic E-state index is 5.84. The van der Waals surface area contributed by atoms with Crippen LogP contribution in [0.25, 0.3) is 11.3 Å². The predicted molar refractivity (Wildman–Crippen MR) is 73.2 cm³/mol. The van der Waals surface area contributed by atoms with Crippen LogP contribution in [0.15, 0.2) is 24.5 Å². The van der Waals surface area contributed by atoms with E-state index >= 15 is 0 Å². The molecule has 2 rings (SSSR count). The molecule has 2 aromatic heterocycles. The Morgan fingerprint density at radius 1 is 1.33 bits per heavy atom. The summed E-state index contributed by atoms with van der Waals surface area (Å²) in [5.74, 6) is 1.50. The van der Waals surface area contributed by atoms with Crippen molar-refractivity contribution in [2.45, 2.75) is 26.7 Å². The maximum atomic E-state index is 5.84. The fourth-order valence-electron chi connectivity index (χ4n) is 2.06. The average Bonchev–Trinajstić information content (AvgIpc) is 2.82. The first-order valence-electron chi connectivity index (χ1n) is 6.30. The molecule has 0 spiro atoms. The van der Waals surface area contributed by atoms with Crippen LogP contribution in [0.3, 0.4) is 0 Å². The van der Waals surface area contributed by atoms with Crippen molar-refractivity contribution in [2.75, 3.05) is 6.54 Å². The maximum Gasteiger partial charge on any atom is 0.133 e. The van der Waals surface area contributed by atoms with Gasteiger partial charge in [-0.25, -0.2) is 9.97 Å². The average molecular weight is 244 g/mol. The van der Waals surface area contributed by atoms with Gasteiger partial charge in [-0.1, -0.05) is 13.8 Å². The van der Waals surface area contributed by atoms with E-state index in [1.807, 2.05) is 31.5 Å². The van der Waals surface area contributed by atoms with Gasteiger partial charge in [0.2, 0.25) is 0 Å². The summed E-state index contributed by atoms with van der Waals surface area (Å²) in [5, 5.41) is 0. The predicted octanol–water partition coefficient (Wildman–Crippen LogP) is 2.48. The van der Waals surface area contributed by atoms with Gasteiger partial charge in [0.05, 0.1) is 5.69 Å². The zero-order chi connectivity index (χ0) is 13.1. The number of nitrogens with two attached hydrogens (primary N) is 1. The number of nitrogens with zero attached hydrogens (tertiary/aromatic N) is 2. The number of aryl methyl sites for hydroxylation is 1. The van der Waals surface area contributed by atoms with Crippen LogP contribution >= 0.6 is 0 Å². The Kier molecular flexibility index (Phi) is 3.77. The molecule has 0 aliphatic carbocycles. The fraction of sp³-hybridized carbons (Fsp3) is 0.429. The zero-order valence-electron chi connectivity index (χ0n) is 11.1. The molecule has 96 valence electrons. The summed E-state index contributed by atoms with van der Waals surface area (Å²) in [4.78, 5) is 12.2. The molecule has 1 atom stereocenters. The van der Waals surface area contributed by atoms with Gasteiger partial charge in [0, 0.05) is 36.1 Å². The molecule has 4 heteroatoms. The minimum Gasteiger partial charge on any atom is -0.367 e. The molecule has 0 saturated carbocycles. The molecule has 3 N–H and O–H groups in total. The van der Waals surface area contributed by atoms with Crippen molar-refractivity contribution in [3.05, 3.63) is 36.0 Å². The van der Waals surface area contributed by atoms with Gasteiger partial charge in [-0.15, -0.1) is 0 Å². The molecule has 0 radical (unpaired) electrons. The number of rotatable bonds is 4. The van der Waals surface area contributed by atoms with Crippen molar-refractivity contribution in [1.29, 1.82) is 0 Å². The van der Waals surface area contributed by atoms with E-state index in [9.17, 15) is 0 Å². The van der Waals surface area contributed by atoms with E-state index < -0.39 is 0 Å². The Morgan fingerprint density at radius 2 is 2.11 bits per heavy atom. The summed E-state index contributed by atoms with van der Waals surface area (Å²) in [6.07, 6.45) is 3.84. The Balaban J connectivity index is 2.44. The van der Waals surface area contributed by atoms with E-state index in [1.165, 1.54) is 0 Å². The lowest BCUT2D eigenvalue weighted by Crippen LogP contribution is -2.20. The summed E-state index contributed by atoms with van der Waals surface area (Å²) in [6, 6.07) is 4.01. The number of H-pyrrole nitrogens is 1. The number of nitrogens with one attached hydrogen (secondary N) is 1. The summed E-state index contributed by atoms with van der Waals surface area (Å²) in [5.41, 5.74) is 8.86. The first-order chi connectivity index (χ1) is 8.61. The van der Waals surface area contributed by atoms with E-state index in [1.54, 1.807) is 0 Å². The fourth-order valence-corrected chi connectivity index (χ4v) is 2.06. The minimum absolute atomic E-state index is 0.211. The van der Waals surface area contributed by atoms with Crippen LogP contribution in [0.1, 0.15) is 31.3 Å². The second-order valence-electron chi connectivity index (χ2n) is 4.94. The standard InChI is InChI=1S/C14H20N4/c1-9(2)12(7-15)14-17-10(3)6-13(18-14)11-4-5-16-8-11/h4-6,8-9,12,16H,7,15H2,1-3H3. The van der Waals surface area contributed by atoms with Gasteiger partial charge >= 0.3 is 0 Å². The lowest BCUT2D eigenvalue weighted by atomic mass is 9.95. The van der Waals surface area contributed by atoms with E-state index in [0.717, 1.165) is 22.8 Å². The Bertz CT molecular complexity index is 503. The van der Waals surface area contributed by atoms with Crippen molar-refractivity contribution in [1.82, 2.24) is 15.0 Å². The van der Waals surface area contributed by atoms with E-state index in [2.05, 4.69) is 28.8 Å². The Labute approximate surface area is 108 Å². The van der Waals surface area contributed by atoms with E-state index in [4.69, 9.17) is 5.73 Å². The van der Waals surface area contributed by atoms with Crippen LogP contribution in [-0.4, -0.2) is 21.5 Å². The first-order valence-corrected chi connectivity index (χ1v) is 6.30. The molecule has 0 fully saturated rings. The van der Waals surface area contributed by atoms with Gasteiger partial charge in [0.1, 0.15) is 5.82 Å². The molecule has 18 heavy (non-hydrogen) atoms. The van der Waals surface area contributed by atoms with Gasteiger partial charge in [-0.2, -0.15) is 0 Å². The number of hydrogen-bond donors (Lipinski definition) is 2. The monoisotopic (exact) mass is 244 g/mol. The molecular formula is C14H20N4. The third kappa shape index (κ3) is 2.59. The highest BCUT2D eigenvalue weighted by Gasteiger charge is 2.18. The molecular weight excluding hydrogens is 224 g/mol. The number of hydrogen-bond acceptors (Lipinski definition) is 3. The summed E-state index contributed by atoms with van der Waals surface area (Å²) >= 11 is 0. The molecule has 0 amide bonds. The first kappa shape index (κ1) is 12.8. The summed E-state index contributed by atoms with van der Waals surface area (Å²) < 4.78 is 0. The highest BCUT2D eigenvalue weighted by molar-refractivity contribution is 5.58. The highest BCUT2D eigenvalue weighted by Crippen LogP contribution is 2.24. The van der Waals surface area contributed by atoms with Crippen molar-refractivity contribution < 1.29 is 0 Å². The molecule has 0 bridgehead atoms. The third-order valence-corrected chi connectivity index (χ3v) is 3.16. The smallest absolute Gasteiger partial charge is 0.133 e. The van der Waals surface area contributed by atoms with Crippen LogP contribution < -0.4 is 5.73 Å². The molecule has 0 aliphatic heterocycles. The molecule has 2 heterocycles. The minimum atomic E-state index is 0.211. The number of aromatic amines is 1. The van der Waals surface area contributed by atoms with Crippen LogP contribution in [0, 0.1) is 12.8 Å². The van der Waals surface area contributed by atoms with Crippen molar-refractivity contribution >= 4 is 0 Å². The normalized spacial score (nSPS) is 12.9. The van der Waals surface area contributed by atoms with E-state index in [-0.39, 0.29) is 5.92 Å². The molecule has 0 aliphatic rings. The van der Waals surface area contributed by atoms with E-state index in [0.29, 0.717) is 12.5 Å². The zero-order valence-corrected chi connectivity index (χ0v) is 11.1. The highest BCUT2D eigenvalue weighted by atomic mass is 14.9. The van der Waals surface area contributed by atoms with Gasteiger partial charge in [0.25, 0.3) is 0 Å². The molecule has 2 aromatic rings. The SMILES string of the molecule is Cc1cc(-c2cc[nH]c2)nc(C(CN)C(C)C)n1. The van der Waals surface area contributed by atoms with Crippen molar-refractivity contribution in [2.24, 2.45) is 11.7 Å². The Morgan fingerprint density at radius 3 is 2.67 bits per heavy atom. The lowest BCUT2D eigenvalue weighted by molar-refractivity contribution is 0.483. The van der Waals surface area contributed by atoms with Crippen LogP contribution in [0.2, 0.25) is 0 Å². The lowest BCUT2D eigenvalue weighted by Gasteiger charge is -2.18. The third-order valence-electron chi connectivity index (χ3n) is 3.16. The molecule has 4 nitrogen and oxygen atoms in total. The van der Waals surface area contributed by atoms with Gasteiger partial charge in [0.15, 0.2) is 0 Å². The van der Waals surface area contributed by atoms with Crippen LogP contribution in [0.4, 0.5) is 0 Å². The molecule has 1 unspecified atom stereocenters. The second kappa shape index (κ2) is 5.31. The van der Waals surface area contributed by atoms with Crippen molar-refractivity contribution in [3.8, 4) is 11.3 Å². The van der Waals surface area contributed by atoms with Crippen LogP contribution in [0.5, 0.6) is 0 Å². The number of aromatic nitrogens is 3. The summed E-state index contributed by atoms with van der Waals surface area (Å²) in [7, 11) is 0. The largest absolute Gasteiger partial charge is 0.367 e. The molecule has 0 aromatic carbocycles. The topological polar surface area (TPSA) is 67.6 Å². The molecule has 0 saturated heterocycles. The summed E-state index contributed by atoms with van der Waals surface area (Å²) in [6.45, 7) is 6.88. The van der Waals surface area contributed by atoms with Gasteiger partial charge in [-0.05, 0) is 25.0 Å². The van der Waals surface area contributed by atoms with Gasteiger partial charge in [-0.3, -0.25) is 0 Å². The van der Waals surface area contributed by atoms with Gasteiger partial charge < -0.3 is 10.7 Å². The van der Waals surface area contributed by atoms with Crippen molar-refractivity contribution in [3.63, 3.8) is 0 Å².